The molecule has 8 heteroatoms. The number of aldehydes is 1. The quantitative estimate of drug-likeness (QED) is 0.567. The molecule has 0 aliphatic rings. The average Bonchev–Trinajstić information content (AvgIpc) is 2.51. The smallest absolute Gasteiger partial charge is 0.416 e. The third-order valence-corrected chi connectivity index (χ3v) is 3.13. The summed E-state index contributed by atoms with van der Waals surface area (Å²) in [7, 11) is 0. The van der Waals surface area contributed by atoms with Gasteiger partial charge in [-0.05, 0) is 24.3 Å². The van der Waals surface area contributed by atoms with Gasteiger partial charge >= 0.3 is 12.4 Å². The van der Waals surface area contributed by atoms with Crippen LogP contribution in [0.15, 0.2) is 42.5 Å². The number of carbonyl (C=O) groups excluding carboxylic acids is 1. The molecule has 0 fully saturated rings. The van der Waals surface area contributed by atoms with E-state index in [4.69, 9.17) is 4.74 Å². The first kappa shape index (κ1) is 17.8. The van der Waals surface area contributed by atoms with Gasteiger partial charge in [-0.15, -0.1) is 0 Å². The molecule has 128 valence electrons. The zero-order valence-corrected chi connectivity index (χ0v) is 11.9. The number of benzene rings is 2. The van der Waals surface area contributed by atoms with E-state index in [9.17, 15) is 31.1 Å². The van der Waals surface area contributed by atoms with Gasteiger partial charge in [0.25, 0.3) is 0 Å². The van der Waals surface area contributed by atoms with Crippen LogP contribution in [0, 0.1) is 0 Å². The molecule has 0 aliphatic carbocycles. The molecule has 0 aliphatic heterocycles. The first-order valence-electron chi connectivity index (χ1n) is 6.56. The van der Waals surface area contributed by atoms with E-state index in [-0.39, 0.29) is 17.4 Å². The van der Waals surface area contributed by atoms with Gasteiger partial charge in [0.15, 0.2) is 0 Å². The summed E-state index contributed by atoms with van der Waals surface area (Å²) in [6.07, 6.45) is -9.30. The van der Waals surface area contributed by atoms with Crippen LogP contribution in [0.1, 0.15) is 27.0 Å². The van der Waals surface area contributed by atoms with Crippen molar-refractivity contribution in [3.8, 4) is 5.75 Å². The van der Waals surface area contributed by atoms with Gasteiger partial charge in [-0.3, -0.25) is 4.79 Å². The predicted molar refractivity (Wildman–Crippen MR) is 72.6 cm³/mol. The third-order valence-electron chi connectivity index (χ3n) is 3.13. The van der Waals surface area contributed by atoms with Crippen molar-refractivity contribution in [2.75, 3.05) is 0 Å². The van der Waals surface area contributed by atoms with E-state index in [0.717, 1.165) is 6.07 Å². The van der Waals surface area contributed by atoms with Crippen LogP contribution in [-0.2, 0) is 19.0 Å². The molecule has 0 saturated carbocycles. The van der Waals surface area contributed by atoms with Crippen LogP contribution in [0.4, 0.5) is 26.3 Å². The number of rotatable bonds is 4. The number of alkyl halides is 6. The highest BCUT2D eigenvalue weighted by Gasteiger charge is 2.38. The second-order valence-electron chi connectivity index (χ2n) is 4.85. The molecule has 0 spiro atoms. The normalized spacial score (nSPS) is 12.1. The third kappa shape index (κ3) is 4.27. The number of halogens is 6. The number of carbonyl (C=O) groups is 1. The Labute approximate surface area is 132 Å². The maximum atomic E-state index is 13.0. The Kier molecular flexibility index (Phi) is 4.86. The first-order chi connectivity index (χ1) is 11.1. The van der Waals surface area contributed by atoms with Gasteiger partial charge in [0.1, 0.15) is 18.6 Å². The first-order valence-corrected chi connectivity index (χ1v) is 6.56. The molecule has 0 N–H and O–H groups in total. The van der Waals surface area contributed by atoms with E-state index in [1.54, 1.807) is 0 Å². The molecule has 2 aromatic carbocycles. The summed E-state index contributed by atoms with van der Waals surface area (Å²) in [4.78, 5) is 10.6. The van der Waals surface area contributed by atoms with Crippen molar-refractivity contribution in [3.63, 3.8) is 0 Å². The van der Waals surface area contributed by atoms with E-state index < -0.39 is 35.6 Å². The fourth-order valence-corrected chi connectivity index (χ4v) is 1.98. The van der Waals surface area contributed by atoms with E-state index in [1.165, 1.54) is 24.3 Å². The molecule has 0 bridgehead atoms. The Morgan fingerprint density at radius 3 is 2.21 bits per heavy atom. The second kappa shape index (κ2) is 6.54. The highest BCUT2D eigenvalue weighted by atomic mass is 19.4. The van der Waals surface area contributed by atoms with Crippen molar-refractivity contribution in [3.05, 3.63) is 64.7 Å². The molecule has 0 amide bonds. The fraction of sp³-hybridized carbons (Fsp3) is 0.188. The Morgan fingerprint density at radius 2 is 1.62 bits per heavy atom. The van der Waals surface area contributed by atoms with E-state index in [2.05, 4.69) is 0 Å². The lowest BCUT2D eigenvalue weighted by Gasteiger charge is -2.16. The van der Waals surface area contributed by atoms with Gasteiger partial charge in [0.05, 0.1) is 11.1 Å². The van der Waals surface area contributed by atoms with E-state index >= 15 is 0 Å². The average molecular weight is 348 g/mol. The molecular weight excluding hydrogens is 338 g/mol. The summed E-state index contributed by atoms with van der Waals surface area (Å²) in [6.45, 7) is -0.588. The fourth-order valence-electron chi connectivity index (χ4n) is 1.98. The number of hydrogen-bond donors (Lipinski definition) is 0. The van der Waals surface area contributed by atoms with Crippen LogP contribution in [0.2, 0.25) is 0 Å². The van der Waals surface area contributed by atoms with Gasteiger partial charge < -0.3 is 4.74 Å². The minimum absolute atomic E-state index is 0.0561. The Hall–Kier alpha value is -2.51. The minimum atomic E-state index is -4.95. The highest BCUT2D eigenvalue weighted by molar-refractivity contribution is 5.75. The van der Waals surface area contributed by atoms with Crippen LogP contribution in [-0.4, -0.2) is 6.29 Å². The maximum Gasteiger partial charge on any atom is 0.416 e. The van der Waals surface area contributed by atoms with Crippen LogP contribution < -0.4 is 4.74 Å². The lowest BCUT2D eigenvalue weighted by molar-refractivity contribution is -0.143. The van der Waals surface area contributed by atoms with Gasteiger partial charge in [0, 0.05) is 11.1 Å². The van der Waals surface area contributed by atoms with Gasteiger partial charge in [0.2, 0.25) is 0 Å². The molecule has 0 aromatic heterocycles. The zero-order chi connectivity index (χ0) is 18.0. The highest BCUT2D eigenvalue weighted by Crippen LogP contribution is 2.37. The summed E-state index contributed by atoms with van der Waals surface area (Å²) in [5, 5.41) is 0. The molecule has 0 atom stereocenters. The van der Waals surface area contributed by atoms with Gasteiger partial charge in [-0.25, -0.2) is 0 Å². The van der Waals surface area contributed by atoms with Crippen LogP contribution in [0.3, 0.4) is 0 Å². The molecule has 0 unspecified atom stereocenters. The molecule has 0 heterocycles. The van der Waals surface area contributed by atoms with Gasteiger partial charge in [-0.2, -0.15) is 26.3 Å². The topological polar surface area (TPSA) is 26.3 Å². The summed E-state index contributed by atoms with van der Waals surface area (Å²) in [5.41, 5.74) is -2.98. The lowest BCUT2D eigenvalue weighted by Crippen LogP contribution is -2.14. The molecule has 0 radical (unpaired) electrons. The summed E-state index contributed by atoms with van der Waals surface area (Å²) in [5.74, 6) is 0.132. The predicted octanol–water partition coefficient (Wildman–Crippen LogP) is 5.12. The Balaban J connectivity index is 2.30. The van der Waals surface area contributed by atoms with Gasteiger partial charge in [-0.1, -0.05) is 18.2 Å². The SMILES string of the molecule is O=Cc1cccc(OCc2ccc(C(F)(F)F)cc2C(F)(F)F)c1. The van der Waals surface area contributed by atoms with Crippen molar-refractivity contribution >= 4 is 6.29 Å². The standard InChI is InChI=1S/C16H10F6O2/c17-15(18,19)12-5-4-11(14(7-12)16(20,21)22)9-24-13-3-1-2-10(6-13)8-23/h1-8H,9H2. The van der Waals surface area contributed by atoms with Crippen molar-refractivity contribution in [1.82, 2.24) is 0 Å². The molecule has 24 heavy (non-hydrogen) atoms. The Bertz CT molecular complexity index is 734. The van der Waals surface area contributed by atoms with Crippen LogP contribution in [0.5, 0.6) is 5.75 Å². The summed E-state index contributed by atoms with van der Waals surface area (Å²) >= 11 is 0. The largest absolute Gasteiger partial charge is 0.489 e. The molecular formula is C16H10F6O2. The van der Waals surface area contributed by atoms with E-state index in [1.807, 2.05) is 0 Å². The minimum Gasteiger partial charge on any atom is -0.489 e. The molecule has 2 aromatic rings. The number of ether oxygens (including phenoxy) is 1. The summed E-state index contributed by atoms with van der Waals surface area (Å²) in [6, 6.07) is 7.02. The molecule has 2 nitrogen and oxygen atoms in total. The van der Waals surface area contributed by atoms with Crippen molar-refractivity contribution in [2.45, 2.75) is 19.0 Å². The monoisotopic (exact) mass is 348 g/mol. The number of hydrogen-bond acceptors (Lipinski definition) is 2. The van der Waals surface area contributed by atoms with Crippen molar-refractivity contribution < 1.29 is 35.9 Å². The van der Waals surface area contributed by atoms with Crippen molar-refractivity contribution in [1.29, 1.82) is 0 Å². The van der Waals surface area contributed by atoms with Crippen LogP contribution in [0.25, 0.3) is 0 Å². The second-order valence-corrected chi connectivity index (χ2v) is 4.85. The van der Waals surface area contributed by atoms with Crippen molar-refractivity contribution in [2.24, 2.45) is 0 Å². The lowest BCUT2D eigenvalue weighted by atomic mass is 10.0. The maximum absolute atomic E-state index is 13.0. The van der Waals surface area contributed by atoms with Crippen LogP contribution >= 0.6 is 0 Å². The summed E-state index contributed by atoms with van der Waals surface area (Å²) < 4.78 is 81.9. The molecule has 0 saturated heterocycles. The zero-order valence-electron chi connectivity index (χ0n) is 11.9. The van der Waals surface area contributed by atoms with E-state index in [0.29, 0.717) is 12.4 Å². The molecule has 2 rings (SSSR count). The Morgan fingerprint density at radius 1 is 0.917 bits per heavy atom.